The van der Waals surface area contributed by atoms with Crippen LogP contribution in [0.1, 0.15) is 54.9 Å². The van der Waals surface area contributed by atoms with E-state index in [1.165, 1.54) is 52.6 Å². The van der Waals surface area contributed by atoms with Gasteiger partial charge >= 0.3 is 0 Å². The lowest BCUT2D eigenvalue weighted by molar-refractivity contribution is 0.734. The van der Waals surface area contributed by atoms with Crippen molar-refractivity contribution in [1.29, 1.82) is 0 Å². The van der Waals surface area contributed by atoms with Crippen molar-refractivity contribution < 1.29 is 0 Å². The van der Waals surface area contributed by atoms with Gasteiger partial charge in [-0.25, -0.2) is 0 Å². The first-order valence-electron chi connectivity index (χ1n) is 11.3. The van der Waals surface area contributed by atoms with Crippen LogP contribution >= 0.6 is 0 Å². The van der Waals surface area contributed by atoms with E-state index >= 15 is 0 Å². The SMILES string of the molecule is C=CCCc1ccc(CCCCc2ccc(-c3ccc(/C=C/CC)cc3)cc2)cc1. The standard InChI is InChI=1S/C30H34/c1-3-5-9-25-13-15-27(16-14-25)11-7-8-12-28-19-23-30(24-20-28)29-21-17-26(18-22-29)10-6-4-2/h3,6,10,13-24H,1,4-5,7-9,11-12H2,2H3/b10-6+. The number of unbranched alkanes of at least 4 members (excludes halogenated alkanes) is 1. The fraction of sp³-hybridized carbons (Fsp3) is 0.267. The van der Waals surface area contributed by atoms with Crippen LogP contribution in [0.15, 0.2) is 91.5 Å². The van der Waals surface area contributed by atoms with Gasteiger partial charge in [0, 0.05) is 0 Å². The largest absolute Gasteiger partial charge is 0.103 e. The Balaban J connectivity index is 1.44. The lowest BCUT2D eigenvalue weighted by atomic mass is 9.99. The van der Waals surface area contributed by atoms with E-state index in [4.69, 9.17) is 0 Å². The molecule has 0 aliphatic heterocycles. The minimum atomic E-state index is 1.06. The lowest BCUT2D eigenvalue weighted by Crippen LogP contribution is -1.91. The van der Waals surface area contributed by atoms with E-state index in [1.807, 2.05) is 6.08 Å². The Morgan fingerprint density at radius 2 is 1.10 bits per heavy atom. The van der Waals surface area contributed by atoms with Gasteiger partial charge in [-0.05, 0) is 78.3 Å². The minimum Gasteiger partial charge on any atom is -0.103 e. The molecular formula is C30H34. The summed E-state index contributed by atoms with van der Waals surface area (Å²) in [7, 11) is 0. The molecule has 0 heterocycles. The molecule has 3 aromatic rings. The summed E-state index contributed by atoms with van der Waals surface area (Å²) in [6.07, 6.45) is 14.4. The summed E-state index contributed by atoms with van der Waals surface area (Å²) in [4.78, 5) is 0. The van der Waals surface area contributed by atoms with Gasteiger partial charge in [-0.2, -0.15) is 0 Å². The molecule has 0 nitrogen and oxygen atoms in total. The number of hydrogen-bond acceptors (Lipinski definition) is 0. The van der Waals surface area contributed by atoms with Crippen LogP contribution < -0.4 is 0 Å². The summed E-state index contributed by atoms with van der Waals surface area (Å²) >= 11 is 0. The highest BCUT2D eigenvalue weighted by atomic mass is 14.1. The van der Waals surface area contributed by atoms with Crippen molar-refractivity contribution in [3.63, 3.8) is 0 Å². The van der Waals surface area contributed by atoms with Crippen molar-refractivity contribution >= 4 is 6.08 Å². The molecule has 0 aromatic heterocycles. The lowest BCUT2D eigenvalue weighted by Gasteiger charge is -2.06. The Hall–Kier alpha value is -2.86. The Kier molecular flexibility index (Phi) is 8.72. The maximum Gasteiger partial charge on any atom is -0.0184 e. The summed E-state index contributed by atoms with van der Waals surface area (Å²) in [5.41, 5.74) is 8.13. The zero-order valence-corrected chi connectivity index (χ0v) is 18.3. The third-order valence-electron chi connectivity index (χ3n) is 5.58. The van der Waals surface area contributed by atoms with Gasteiger partial charge in [-0.1, -0.05) is 97.9 Å². The van der Waals surface area contributed by atoms with Crippen molar-refractivity contribution in [2.75, 3.05) is 0 Å². The molecular weight excluding hydrogens is 360 g/mol. The van der Waals surface area contributed by atoms with Crippen LogP contribution in [0.3, 0.4) is 0 Å². The monoisotopic (exact) mass is 394 g/mol. The summed E-state index contributed by atoms with van der Waals surface area (Å²) in [5.74, 6) is 0. The number of aryl methyl sites for hydroxylation is 3. The van der Waals surface area contributed by atoms with E-state index in [0.29, 0.717) is 0 Å². The molecule has 0 saturated heterocycles. The normalized spacial score (nSPS) is 11.1. The third-order valence-corrected chi connectivity index (χ3v) is 5.58. The first-order chi connectivity index (χ1) is 14.8. The van der Waals surface area contributed by atoms with Crippen LogP contribution in [0.4, 0.5) is 0 Å². The summed E-state index contributed by atoms with van der Waals surface area (Å²) in [5, 5.41) is 0. The fourth-order valence-corrected chi connectivity index (χ4v) is 3.70. The highest BCUT2D eigenvalue weighted by molar-refractivity contribution is 5.66. The molecule has 30 heavy (non-hydrogen) atoms. The summed E-state index contributed by atoms with van der Waals surface area (Å²) < 4.78 is 0. The van der Waals surface area contributed by atoms with Crippen molar-refractivity contribution in [3.8, 4) is 11.1 Å². The Morgan fingerprint density at radius 1 is 0.633 bits per heavy atom. The van der Waals surface area contributed by atoms with Gasteiger partial charge in [0.1, 0.15) is 0 Å². The average Bonchev–Trinajstić information content (AvgIpc) is 2.81. The molecule has 0 atom stereocenters. The fourth-order valence-electron chi connectivity index (χ4n) is 3.70. The van der Waals surface area contributed by atoms with Gasteiger partial charge in [0.25, 0.3) is 0 Å². The molecule has 0 bridgehead atoms. The summed E-state index contributed by atoms with van der Waals surface area (Å²) in [6.45, 7) is 5.96. The highest BCUT2D eigenvalue weighted by Crippen LogP contribution is 2.21. The van der Waals surface area contributed by atoms with Crippen LogP contribution in [0.25, 0.3) is 17.2 Å². The molecule has 0 spiro atoms. The first kappa shape index (κ1) is 21.8. The average molecular weight is 395 g/mol. The molecule has 3 rings (SSSR count). The highest BCUT2D eigenvalue weighted by Gasteiger charge is 2.00. The molecule has 0 amide bonds. The van der Waals surface area contributed by atoms with Crippen LogP contribution in [0.5, 0.6) is 0 Å². The van der Waals surface area contributed by atoms with Crippen molar-refractivity contribution in [2.24, 2.45) is 0 Å². The number of allylic oxidation sites excluding steroid dienone is 2. The van der Waals surface area contributed by atoms with Gasteiger partial charge in [0.2, 0.25) is 0 Å². The Labute approximate surface area is 183 Å². The van der Waals surface area contributed by atoms with Crippen LogP contribution in [-0.4, -0.2) is 0 Å². The molecule has 0 fully saturated rings. The molecule has 0 radical (unpaired) electrons. The van der Waals surface area contributed by atoms with Gasteiger partial charge in [0.05, 0.1) is 0 Å². The minimum absolute atomic E-state index is 1.06. The Bertz CT molecular complexity index is 909. The second-order valence-corrected chi connectivity index (χ2v) is 7.98. The third kappa shape index (κ3) is 6.88. The Morgan fingerprint density at radius 3 is 1.60 bits per heavy atom. The van der Waals surface area contributed by atoms with Gasteiger partial charge in [-0.3, -0.25) is 0 Å². The van der Waals surface area contributed by atoms with Crippen LogP contribution in [0, 0.1) is 0 Å². The maximum atomic E-state index is 3.80. The molecule has 154 valence electrons. The molecule has 0 N–H and O–H groups in total. The van der Waals surface area contributed by atoms with Crippen molar-refractivity contribution in [2.45, 2.75) is 51.9 Å². The number of rotatable bonds is 11. The molecule has 0 heteroatoms. The second kappa shape index (κ2) is 12.0. The predicted molar refractivity (Wildman–Crippen MR) is 133 cm³/mol. The topological polar surface area (TPSA) is 0 Å². The predicted octanol–water partition coefficient (Wildman–Crippen LogP) is 8.46. The van der Waals surface area contributed by atoms with Crippen molar-refractivity contribution in [1.82, 2.24) is 0 Å². The summed E-state index contributed by atoms with van der Waals surface area (Å²) in [6, 6.07) is 27.0. The van der Waals surface area contributed by atoms with E-state index in [9.17, 15) is 0 Å². The number of hydrogen-bond donors (Lipinski definition) is 0. The first-order valence-corrected chi connectivity index (χ1v) is 11.3. The van der Waals surface area contributed by atoms with Gasteiger partial charge < -0.3 is 0 Å². The van der Waals surface area contributed by atoms with Gasteiger partial charge in [0.15, 0.2) is 0 Å². The van der Waals surface area contributed by atoms with E-state index in [0.717, 1.165) is 25.7 Å². The number of benzene rings is 3. The van der Waals surface area contributed by atoms with Crippen LogP contribution in [-0.2, 0) is 19.3 Å². The van der Waals surface area contributed by atoms with E-state index in [1.54, 1.807) is 0 Å². The molecule has 0 aliphatic carbocycles. The van der Waals surface area contributed by atoms with Crippen LogP contribution in [0.2, 0.25) is 0 Å². The zero-order valence-electron chi connectivity index (χ0n) is 18.3. The molecule has 0 saturated carbocycles. The van der Waals surface area contributed by atoms with Crippen molar-refractivity contribution in [3.05, 3.63) is 114 Å². The van der Waals surface area contributed by atoms with E-state index in [-0.39, 0.29) is 0 Å². The molecule has 0 aliphatic rings. The van der Waals surface area contributed by atoms with E-state index in [2.05, 4.69) is 98.5 Å². The maximum absolute atomic E-state index is 3.80. The molecule has 0 unspecified atom stereocenters. The zero-order chi connectivity index (χ0) is 21.0. The van der Waals surface area contributed by atoms with Gasteiger partial charge in [-0.15, -0.1) is 6.58 Å². The second-order valence-electron chi connectivity index (χ2n) is 7.98. The quantitative estimate of drug-likeness (QED) is 0.226. The van der Waals surface area contributed by atoms with E-state index < -0.39 is 0 Å². The molecule has 3 aromatic carbocycles. The smallest absolute Gasteiger partial charge is 0.0184 e.